The van der Waals surface area contributed by atoms with Crippen molar-refractivity contribution in [3.05, 3.63) is 12.4 Å². The number of sulfonamides is 1. The lowest BCUT2D eigenvalue weighted by molar-refractivity contribution is -0.141. The quantitative estimate of drug-likeness (QED) is 0.815. The Bertz CT molecular complexity index is 526. The Labute approximate surface area is 112 Å². The maximum Gasteiger partial charge on any atom is 0.307 e. The number of carbonyl (C=O) groups excluding carboxylic acids is 1. The molecule has 7 nitrogen and oxygen atoms in total. The van der Waals surface area contributed by atoms with Crippen LogP contribution in [-0.2, 0) is 19.6 Å². The maximum absolute atomic E-state index is 12.4. The molecule has 0 spiro atoms. The second-order valence-corrected chi connectivity index (χ2v) is 6.37. The fourth-order valence-electron chi connectivity index (χ4n) is 2.29. The Hall–Kier alpha value is -1.41. The number of carbonyl (C=O) groups is 1. The average Bonchev–Trinajstić information content (AvgIpc) is 2.93. The van der Waals surface area contributed by atoms with Crippen LogP contribution >= 0.6 is 0 Å². The number of hydrogen-bond acceptors (Lipinski definition) is 5. The largest absolute Gasteiger partial charge is 0.469 e. The molecule has 1 N–H and O–H groups in total. The van der Waals surface area contributed by atoms with E-state index in [1.807, 2.05) is 0 Å². The zero-order valence-corrected chi connectivity index (χ0v) is 11.5. The molecule has 2 heterocycles. The smallest absolute Gasteiger partial charge is 0.307 e. The van der Waals surface area contributed by atoms with Crippen molar-refractivity contribution in [3.8, 4) is 0 Å². The highest BCUT2D eigenvalue weighted by Crippen LogP contribution is 2.26. The van der Waals surface area contributed by atoms with E-state index in [0.717, 1.165) is 12.8 Å². The Morgan fingerprint density at radius 3 is 3.00 bits per heavy atom. The fourth-order valence-corrected chi connectivity index (χ4v) is 3.89. The molecule has 2 rings (SSSR count). The van der Waals surface area contributed by atoms with Crippen LogP contribution in [0.2, 0.25) is 0 Å². The first-order valence-electron chi connectivity index (χ1n) is 6.13. The van der Waals surface area contributed by atoms with Gasteiger partial charge in [-0.05, 0) is 12.8 Å². The van der Waals surface area contributed by atoms with Crippen molar-refractivity contribution in [2.24, 2.45) is 0 Å². The number of rotatable bonds is 4. The first-order chi connectivity index (χ1) is 9.05. The molecule has 0 aliphatic carbocycles. The van der Waals surface area contributed by atoms with Gasteiger partial charge in [0.2, 0.25) is 10.0 Å². The molecule has 0 radical (unpaired) electrons. The molecule has 1 aliphatic heterocycles. The Morgan fingerprint density at radius 2 is 2.37 bits per heavy atom. The van der Waals surface area contributed by atoms with Gasteiger partial charge < -0.3 is 4.74 Å². The van der Waals surface area contributed by atoms with Gasteiger partial charge in [0.05, 0.1) is 19.7 Å². The zero-order valence-electron chi connectivity index (χ0n) is 10.7. The normalized spacial score (nSPS) is 21.2. The van der Waals surface area contributed by atoms with Crippen molar-refractivity contribution in [1.82, 2.24) is 14.5 Å². The molecule has 19 heavy (non-hydrogen) atoms. The summed E-state index contributed by atoms with van der Waals surface area (Å²) in [4.78, 5) is 11.5. The highest BCUT2D eigenvalue weighted by atomic mass is 32.2. The van der Waals surface area contributed by atoms with Crippen LogP contribution in [0.15, 0.2) is 17.3 Å². The molecule has 0 bridgehead atoms. The van der Waals surface area contributed by atoms with Crippen LogP contribution in [0.3, 0.4) is 0 Å². The minimum atomic E-state index is -3.59. The standard InChI is InChI=1S/C11H17N3O4S/c1-18-11(15)6-9-4-2-3-5-14(9)19(16,17)10-7-12-13-8-10/h7-9H,2-6H2,1H3,(H,12,13). The molecule has 0 amide bonds. The van der Waals surface area contributed by atoms with Crippen LogP contribution in [0.25, 0.3) is 0 Å². The number of ether oxygens (including phenoxy) is 1. The van der Waals surface area contributed by atoms with Gasteiger partial charge in [-0.25, -0.2) is 8.42 Å². The predicted molar refractivity (Wildman–Crippen MR) is 66.8 cm³/mol. The molecule has 1 aliphatic rings. The monoisotopic (exact) mass is 287 g/mol. The second-order valence-electron chi connectivity index (χ2n) is 4.48. The zero-order chi connectivity index (χ0) is 13.9. The van der Waals surface area contributed by atoms with Crippen molar-refractivity contribution in [3.63, 3.8) is 0 Å². The minimum absolute atomic E-state index is 0.0909. The Morgan fingerprint density at radius 1 is 1.58 bits per heavy atom. The van der Waals surface area contributed by atoms with Crippen LogP contribution in [0, 0.1) is 0 Å². The van der Waals surface area contributed by atoms with Gasteiger partial charge in [-0.2, -0.15) is 9.40 Å². The first kappa shape index (κ1) is 14.0. The third-order valence-electron chi connectivity index (χ3n) is 3.28. The van der Waals surface area contributed by atoms with Gasteiger partial charge in [0.15, 0.2) is 0 Å². The van der Waals surface area contributed by atoms with E-state index in [0.29, 0.717) is 13.0 Å². The summed E-state index contributed by atoms with van der Waals surface area (Å²) in [6, 6.07) is -0.332. The van der Waals surface area contributed by atoms with E-state index < -0.39 is 10.0 Å². The van der Waals surface area contributed by atoms with Crippen molar-refractivity contribution < 1.29 is 17.9 Å². The lowest BCUT2D eigenvalue weighted by Crippen LogP contribution is -2.44. The SMILES string of the molecule is COC(=O)CC1CCCCN1S(=O)(=O)c1cn[nH]c1. The predicted octanol–water partition coefficient (Wildman–Crippen LogP) is 0.516. The number of H-pyrrole nitrogens is 1. The molecule has 1 aromatic heterocycles. The summed E-state index contributed by atoms with van der Waals surface area (Å²) in [5.41, 5.74) is 0. The third kappa shape index (κ3) is 2.95. The number of aromatic nitrogens is 2. The van der Waals surface area contributed by atoms with E-state index in [-0.39, 0.29) is 23.3 Å². The summed E-state index contributed by atoms with van der Waals surface area (Å²) < 4.78 is 30.9. The summed E-state index contributed by atoms with van der Waals surface area (Å²) >= 11 is 0. The van der Waals surface area contributed by atoms with Gasteiger partial charge >= 0.3 is 5.97 Å². The summed E-state index contributed by atoms with van der Waals surface area (Å²) in [5.74, 6) is -0.390. The summed E-state index contributed by atoms with van der Waals surface area (Å²) in [6.45, 7) is 0.426. The number of piperidine rings is 1. The van der Waals surface area contributed by atoms with Crippen LogP contribution in [0.4, 0.5) is 0 Å². The van der Waals surface area contributed by atoms with E-state index in [1.165, 1.54) is 23.8 Å². The van der Waals surface area contributed by atoms with E-state index in [4.69, 9.17) is 0 Å². The molecule has 0 saturated carbocycles. The molecule has 1 aromatic rings. The summed E-state index contributed by atoms with van der Waals surface area (Å²) in [7, 11) is -2.28. The van der Waals surface area contributed by atoms with E-state index in [1.54, 1.807) is 0 Å². The average molecular weight is 287 g/mol. The van der Waals surface area contributed by atoms with Crippen molar-refractivity contribution in [1.29, 1.82) is 0 Å². The number of esters is 1. The molecule has 0 aromatic carbocycles. The van der Waals surface area contributed by atoms with Gasteiger partial charge in [0.25, 0.3) is 0 Å². The lowest BCUT2D eigenvalue weighted by atomic mass is 10.0. The number of nitrogens with one attached hydrogen (secondary N) is 1. The number of hydrogen-bond donors (Lipinski definition) is 1. The number of methoxy groups -OCH3 is 1. The van der Waals surface area contributed by atoms with Gasteiger partial charge in [-0.15, -0.1) is 0 Å². The fraction of sp³-hybridized carbons (Fsp3) is 0.636. The topological polar surface area (TPSA) is 92.4 Å². The van der Waals surface area contributed by atoms with Crippen molar-refractivity contribution in [2.75, 3.05) is 13.7 Å². The van der Waals surface area contributed by atoms with Gasteiger partial charge in [-0.1, -0.05) is 6.42 Å². The Balaban J connectivity index is 2.22. The molecule has 1 unspecified atom stereocenters. The number of nitrogens with zero attached hydrogens (tertiary/aromatic N) is 2. The molecular weight excluding hydrogens is 270 g/mol. The van der Waals surface area contributed by atoms with Crippen molar-refractivity contribution in [2.45, 2.75) is 36.6 Å². The van der Waals surface area contributed by atoms with Gasteiger partial charge in [0, 0.05) is 18.8 Å². The van der Waals surface area contributed by atoms with Crippen LogP contribution < -0.4 is 0 Å². The highest BCUT2D eigenvalue weighted by Gasteiger charge is 2.35. The molecule has 106 valence electrons. The molecule has 1 saturated heterocycles. The lowest BCUT2D eigenvalue weighted by Gasteiger charge is -2.33. The van der Waals surface area contributed by atoms with E-state index in [9.17, 15) is 13.2 Å². The molecule has 1 atom stereocenters. The molecular formula is C11H17N3O4S. The Kier molecular flexibility index (Phi) is 4.20. The third-order valence-corrected chi connectivity index (χ3v) is 5.20. The first-order valence-corrected chi connectivity index (χ1v) is 7.57. The maximum atomic E-state index is 12.4. The van der Waals surface area contributed by atoms with Crippen LogP contribution in [0.1, 0.15) is 25.7 Å². The minimum Gasteiger partial charge on any atom is -0.469 e. The molecule has 1 fully saturated rings. The van der Waals surface area contributed by atoms with Crippen molar-refractivity contribution >= 4 is 16.0 Å². The van der Waals surface area contributed by atoms with E-state index >= 15 is 0 Å². The summed E-state index contributed by atoms with van der Waals surface area (Å²) in [5, 5.41) is 6.16. The van der Waals surface area contributed by atoms with Gasteiger partial charge in [0.1, 0.15) is 4.90 Å². The van der Waals surface area contributed by atoms with E-state index in [2.05, 4.69) is 14.9 Å². The van der Waals surface area contributed by atoms with Gasteiger partial charge in [-0.3, -0.25) is 9.89 Å². The summed E-state index contributed by atoms with van der Waals surface area (Å²) in [6.07, 6.45) is 5.10. The highest BCUT2D eigenvalue weighted by molar-refractivity contribution is 7.89. The second kappa shape index (κ2) is 5.70. The van der Waals surface area contributed by atoms with Crippen LogP contribution in [-0.4, -0.2) is 48.6 Å². The van der Waals surface area contributed by atoms with Crippen LogP contribution in [0.5, 0.6) is 0 Å². The molecule has 8 heteroatoms. The number of aromatic amines is 1.